The van der Waals surface area contributed by atoms with Crippen molar-refractivity contribution in [2.75, 3.05) is 23.8 Å². The standard InChI is InChI=1S/C24H25N7O5/c1-3-11-29(19(32)14-36-23(34)17-9-10-18-28-27-15(2)30(18)13-17)20-21(25)31(24(35)26-22(20)33)12-16-7-5-4-6-8-16/h4-10,13H,3,11-12,14,25H2,1-2H3,(H,26,33,35). The second-order valence-electron chi connectivity index (χ2n) is 8.08. The number of nitrogens with zero attached hydrogens (tertiary/aromatic N) is 5. The number of aromatic nitrogens is 5. The number of fused-ring (bicyclic) bond motifs is 1. The van der Waals surface area contributed by atoms with Crippen molar-refractivity contribution in [2.45, 2.75) is 26.8 Å². The fourth-order valence-electron chi connectivity index (χ4n) is 3.76. The molecule has 36 heavy (non-hydrogen) atoms. The number of hydrogen-bond acceptors (Lipinski definition) is 8. The number of nitrogens with one attached hydrogen (secondary N) is 1. The molecule has 0 bridgehead atoms. The maximum atomic E-state index is 13.1. The van der Waals surface area contributed by atoms with Crippen molar-refractivity contribution < 1.29 is 14.3 Å². The molecule has 0 radical (unpaired) electrons. The Kier molecular flexibility index (Phi) is 6.95. The Morgan fingerprint density at radius 3 is 2.58 bits per heavy atom. The van der Waals surface area contributed by atoms with E-state index in [0.717, 1.165) is 10.5 Å². The van der Waals surface area contributed by atoms with E-state index >= 15 is 0 Å². The summed E-state index contributed by atoms with van der Waals surface area (Å²) in [4.78, 5) is 54.2. The zero-order valence-electron chi connectivity index (χ0n) is 19.8. The normalized spacial score (nSPS) is 10.9. The quantitative estimate of drug-likeness (QED) is 0.347. The Morgan fingerprint density at radius 1 is 1.11 bits per heavy atom. The number of nitrogens with two attached hydrogens (primary N) is 1. The molecule has 3 N–H and O–H groups in total. The molecule has 12 nitrogen and oxygen atoms in total. The van der Waals surface area contributed by atoms with Gasteiger partial charge in [0.05, 0.1) is 12.1 Å². The highest BCUT2D eigenvalue weighted by molar-refractivity contribution is 5.98. The Balaban J connectivity index is 1.58. The summed E-state index contributed by atoms with van der Waals surface area (Å²) in [5.41, 5.74) is 6.12. The lowest BCUT2D eigenvalue weighted by molar-refractivity contribution is -0.121. The van der Waals surface area contributed by atoms with E-state index in [-0.39, 0.29) is 30.2 Å². The summed E-state index contributed by atoms with van der Waals surface area (Å²) < 4.78 is 8.04. The summed E-state index contributed by atoms with van der Waals surface area (Å²) >= 11 is 0. The molecule has 1 aromatic carbocycles. The molecule has 1 amide bonds. The lowest BCUT2D eigenvalue weighted by Gasteiger charge is -2.24. The van der Waals surface area contributed by atoms with Crippen molar-refractivity contribution in [3.63, 3.8) is 0 Å². The summed E-state index contributed by atoms with van der Waals surface area (Å²) in [5, 5.41) is 7.89. The van der Waals surface area contributed by atoms with Gasteiger partial charge < -0.3 is 15.4 Å². The number of hydrogen-bond donors (Lipinski definition) is 2. The van der Waals surface area contributed by atoms with Crippen molar-refractivity contribution in [1.29, 1.82) is 0 Å². The van der Waals surface area contributed by atoms with Crippen LogP contribution in [0.15, 0.2) is 58.3 Å². The van der Waals surface area contributed by atoms with E-state index in [1.165, 1.54) is 16.8 Å². The first-order valence-corrected chi connectivity index (χ1v) is 11.3. The summed E-state index contributed by atoms with van der Waals surface area (Å²) in [5.74, 6) is -0.959. The van der Waals surface area contributed by atoms with Gasteiger partial charge in [0.2, 0.25) is 0 Å². The van der Waals surface area contributed by atoms with Gasteiger partial charge in [-0.25, -0.2) is 9.59 Å². The van der Waals surface area contributed by atoms with Crippen LogP contribution in [-0.2, 0) is 16.1 Å². The van der Waals surface area contributed by atoms with Crippen molar-refractivity contribution >= 4 is 29.0 Å². The Labute approximate surface area is 204 Å². The summed E-state index contributed by atoms with van der Waals surface area (Å²) in [7, 11) is 0. The van der Waals surface area contributed by atoms with E-state index in [1.54, 1.807) is 17.4 Å². The number of esters is 1. The van der Waals surface area contributed by atoms with E-state index in [0.29, 0.717) is 17.9 Å². The third kappa shape index (κ3) is 4.87. The van der Waals surface area contributed by atoms with Gasteiger partial charge in [0.15, 0.2) is 17.9 Å². The summed E-state index contributed by atoms with van der Waals surface area (Å²) in [6.07, 6.45) is 2.00. The highest BCUT2D eigenvalue weighted by Crippen LogP contribution is 2.19. The smallest absolute Gasteiger partial charge is 0.340 e. The number of amides is 1. The van der Waals surface area contributed by atoms with E-state index in [2.05, 4.69) is 15.2 Å². The fraction of sp³-hybridized carbons (Fsp3) is 0.250. The van der Waals surface area contributed by atoms with E-state index in [9.17, 15) is 19.2 Å². The topological polar surface area (TPSA) is 158 Å². The van der Waals surface area contributed by atoms with Crippen molar-refractivity contribution in [3.8, 4) is 0 Å². The Morgan fingerprint density at radius 2 is 1.86 bits per heavy atom. The van der Waals surface area contributed by atoms with Crippen molar-refractivity contribution in [2.24, 2.45) is 0 Å². The largest absolute Gasteiger partial charge is 0.452 e. The molecule has 0 unspecified atom stereocenters. The number of carbonyl (C=O) groups excluding carboxylic acids is 2. The van der Waals surface area contributed by atoms with Crippen LogP contribution in [0.3, 0.4) is 0 Å². The van der Waals surface area contributed by atoms with Gasteiger partial charge in [0.1, 0.15) is 11.6 Å². The van der Waals surface area contributed by atoms with Crippen LogP contribution >= 0.6 is 0 Å². The highest BCUT2D eigenvalue weighted by atomic mass is 16.5. The number of aryl methyl sites for hydroxylation is 1. The monoisotopic (exact) mass is 491 g/mol. The fourth-order valence-corrected chi connectivity index (χ4v) is 3.76. The number of rotatable bonds is 8. The molecule has 3 heterocycles. The number of benzene rings is 1. The molecule has 0 aliphatic carbocycles. The molecule has 0 spiro atoms. The average Bonchev–Trinajstić information content (AvgIpc) is 3.24. The average molecular weight is 492 g/mol. The predicted octanol–water partition coefficient (Wildman–Crippen LogP) is 1.12. The second-order valence-corrected chi connectivity index (χ2v) is 8.08. The van der Waals surface area contributed by atoms with Gasteiger partial charge in [-0.2, -0.15) is 0 Å². The van der Waals surface area contributed by atoms with Gasteiger partial charge in [0.25, 0.3) is 11.5 Å². The first-order chi connectivity index (χ1) is 17.3. The maximum Gasteiger partial charge on any atom is 0.340 e. The van der Waals surface area contributed by atoms with Gasteiger partial charge >= 0.3 is 11.7 Å². The molecule has 0 atom stereocenters. The third-order valence-electron chi connectivity index (χ3n) is 5.55. The molecule has 0 saturated heterocycles. The number of carbonyl (C=O) groups is 2. The predicted molar refractivity (Wildman–Crippen MR) is 132 cm³/mol. The van der Waals surface area contributed by atoms with Crippen LogP contribution in [0.5, 0.6) is 0 Å². The molecule has 4 rings (SSSR count). The summed E-state index contributed by atoms with van der Waals surface area (Å²) in [6.45, 7) is 3.14. The number of aromatic amines is 1. The van der Waals surface area contributed by atoms with E-state index < -0.39 is 29.7 Å². The number of nitrogen functional groups attached to an aromatic ring is 1. The summed E-state index contributed by atoms with van der Waals surface area (Å²) in [6, 6.07) is 12.2. The van der Waals surface area contributed by atoms with Gasteiger partial charge in [0, 0.05) is 12.7 Å². The lowest BCUT2D eigenvalue weighted by Crippen LogP contribution is -2.43. The Hall–Kier alpha value is -4.74. The highest BCUT2D eigenvalue weighted by Gasteiger charge is 2.25. The van der Waals surface area contributed by atoms with Crippen LogP contribution in [0, 0.1) is 6.92 Å². The van der Waals surface area contributed by atoms with Gasteiger partial charge in [-0.1, -0.05) is 37.3 Å². The molecule has 0 saturated carbocycles. The molecule has 12 heteroatoms. The lowest BCUT2D eigenvalue weighted by atomic mass is 10.2. The van der Waals surface area contributed by atoms with Gasteiger partial charge in [-0.05, 0) is 31.0 Å². The number of H-pyrrole nitrogens is 1. The van der Waals surface area contributed by atoms with Crippen LogP contribution in [0.4, 0.5) is 11.5 Å². The molecule has 0 fully saturated rings. The van der Waals surface area contributed by atoms with Crippen molar-refractivity contribution in [1.82, 2.24) is 24.1 Å². The number of anilines is 2. The zero-order valence-corrected chi connectivity index (χ0v) is 19.8. The molecule has 0 aliphatic heterocycles. The molecular formula is C24H25N7O5. The van der Waals surface area contributed by atoms with Gasteiger partial charge in [-0.3, -0.25) is 23.5 Å². The van der Waals surface area contributed by atoms with Crippen LogP contribution in [0.1, 0.15) is 35.1 Å². The second kappa shape index (κ2) is 10.3. The zero-order chi connectivity index (χ0) is 25.8. The maximum absolute atomic E-state index is 13.1. The molecular weight excluding hydrogens is 466 g/mol. The van der Waals surface area contributed by atoms with Gasteiger partial charge in [-0.15, -0.1) is 10.2 Å². The van der Waals surface area contributed by atoms with Crippen molar-refractivity contribution in [3.05, 3.63) is 86.5 Å². The number of ether oxygens (including phenoxy) is 1. The Bertz CT molecular complexity index is 1540. The SMILES string of the molecule is CCCN(C(=O)COC(=O)c1ccc2nnc(C)n2c1)c1c(N)n(Cc2ccccc2)c(=O)[nH]c1=O. The minimum Gasteiger partial charge on any atom is -0.452 e. The minimum atomic E-state index is -0.802. The third-order valence-corrected chi connectivity index (χ3v) is 5.55. The number of pyridine rings is 1. The molecule has 0 aliphatic rings. The molecule has 4 aromatic rings. The first kappa shape index (κ1) is 24.4. The molecule has 3 aromatic heterocycles. The van der Waals surface area contributed by atoms with Crippen LogP contribution in [-0.4, -0.2) is 49.2 Å². The van der Waals surface area contributed by atoms with Crippen LogP contribution in [0.2, 0.25) is 0 Å². The molecule has 186 valence electrons. The van der Waals surface area contributed by atoms with Crippen LogP contribution < -0.4 is 21.9 Å². The van der Waals surface area contributed by atoms with Crippen LogP contribution in [0.25, 0.3) is 5.65 Å². The minimum absolute atomic E-state index is 0.101. The first-order valence-electron chi connectivity index (χ1n) is 11.3. The van der Waals surface area contributed by atoms with E-state index in [4.69, 9.17) is 10.5 Å². The van der Waals surface area contributed by atoms with E-state index in [1.807, 2.05) is 37.3 Å².